The van der Waals surface area contributed by atoms with Crippen molar-refractivity contribution in [2.45, 2.75) is 13.3 Å². The molecule has 1 aliphatic rings. The van der Waals surface area contributed by atoms with Crippen LogP contribution >= 0.6 is 23.2 Å². The van der Waals surface area contributed by atoms with Gasteiger partial charge in [-0.05, 0) is 23.6 Å². The molecule has 2 atom stereocenters. The van der Waals surface area contributed by atoms with Crippen molar-refractivity contribution in [2.75, 3.05) is 13.1 Å². The molecule has 0 saturated carbocycles. The number of hydrogen-bond acceptors (Lipinski definition) is 2. The van der Waals surface area contributed by atoms with Crippen LogP contribution in [-0.4, -0.2) is 35.0 Å². The summed E-state index contributed by atoms with van der Waals surface area (Å²) in [5.74, 6) is -1.47. The average molecular weight is 316 g/mol. The first-order valence-electron chi connectivity index (χ1n) is 6.33. The maximum absolute atomic E-state index is 12.2. The first-order valence-corrected chi connectivity index (χ1v) is 7.08. The highest BCUT2D eigenvalue weighted by molar-refractivity contribution is 6.35. The van der Waals surface area contributed by atoms with Crippen LogP contribution < -0.4 is 0 Å². The Kier molecular flexibility index (Phi) is 4.55. The molecule has 0 spiro atoms. The van der Waals surface area contributed by atoms with Gasteiger partial charge in [0.1, 0.15) is 0 Å². The van der Waals surface area contributed by atoms with E-state index in [1.165, 1.54) is 0 Å². The fraction of sp³-hybridized carbons (Fsp3) is 0.429. The highest BCUT2D eigenvalue weighted by Gasteiger charge is 2.36. The number of halogens is 2. The maximum Gasteiger partial charge on any atom is 0.308 e. The van der Waals surface area contributed by atoms with Gasteiger partial charge in [0.05, 0.1) is 12.3 Å². The van der Waals surface area contributed by atoms with Gasteiger partial charge < -0.3 is 10.0 Å². The quantitative estimate of drug-likeness (QED) is 0.933. The monoisotopic (exact) mass is 315 g/mol. The molecular formula is C14H15Cl2NO3. The van der Waals surface area contributed by atoms with Crippen molar-refractivity contribution in [1.29, 1.82) is 0 Å². The Morgan fingerprint density at radius 2 is 2.05 bits per heavy atom. The molecule has 0 bridgehead atoms. The predicted molar refractivity (Wildman–Crippen MR) is 77.0 cm³/mol. The van der Waals surface area contributed by atoms with Crippen molar-refractivity contribution in [2.24, 2.45) is 11.8 Å². The average Bonchev–Trinajstić information content (AvgIpc) is 2.75. The van der Waals surface area contributed by atoms with Crippen molar-refractivity contribution >= 4 is 35.1 Å². The Hall–Kier alpha value is -1.26. The number of carboxylic acid groups (broad SMARTS) is 1. The summed E-state index contributed by atoms with van der Waals surface area (Å²) in [6.07, 6.45) is 0.162. The molecule has 1 N–H and O–H groups in total. The number of nitrogens with zero attached hydrogens (tertiary/aromatic N) is 1. The van der Waals surface area contributed by atoms with Gasteiger partial charge in [0.25, 0.3) is 0 Å². The van der Waals surface area contributed by atoms with Crippen molar-refractivity contribution in [3.63, 3.8) is 0 Å². The predicted octanol–water partition coefficient (Wildman–Crippen LogP) is 2.72. The second kappa shape index (κ2) is 6.02. The smallest absolute Gasteiger partial charge is 0.308 e. The largest absolute Gasteiger partial charge is 0.481 e. The standard InChI is InChI=1S/C14H15Cl2NO3/c1-8-6-17(7-11(8)14(19)20)13(18)4-9-2-3-10(15)5-12(9)16/h2-3,5,8,11H,4,6-7H2,1H3,(H,19,20). The summed E-state index contributed by atoms with van der Waals surface area (Å²) in [5, 5.41) is 10.0. The molecule has 108 valence electrons. The molecule has 1 aliphatic heterocycles. The van der Waals surface area contributed by atoms with Gasteiger partial charge in [-0.3, -0.25) is 9.59 Å². The lowest BCUT2D eigenvalue weighted by Crippen LogP contribution is -2.31. The van der Waals surface area contributed by atoms with Gasteiger partial charge in [-0.25, -0.2) is 0 Å². The van der Waals surface area contributed by atoms with Crippen LogP contribution in [0.1, 0.15) is 12.5 Å². The molecule has 1 fully saturated rings. The van der Waals surface area contributed by atoms with E-state index < -0.39 is 11.9 Å². The molecular weight excluding hydrogens is 301 g/mol. The number of carbonyl (C=O) groups excluding carboxylic acids is 1. The molecule has 1 aromatic rings. The lowest BCUT2D eigenvalue weighted by atomic mass is 9.99. The van der Waals surface area contributed by atoms with Gasteiger partial charge in [0.15, 0.2) is 0 Å². The molecule has 0 radical (unpaired) electrons. The zero-order valence-corrected chi connectivity index (χ0v) is 12.5. The van der Waals surface area contributed by atoms with E-state index in [-0.39, 0.29) is 24.8 Å². The Balaban J connectivity index is 2.04. The zero-order chi connectivity index (χ0) is 14.9. The molecule has 1 amide bonds. The second-order valence-corrected chi connectivity index (χ2v) is 5.98. The number of carbonyl (C=O) groups is 2. The topological polar surface area (TPSA) is 57.6 Å². The molecule has 1 heterocycles. The Morgan fingerprint density at radius 3 is 2.60 bits per heavy atom. The summed E-state index contributed by atoms with van der Waals surface area (Å²) in [5.41, 5.74) is 0.701. The number of carboxylic acids is 1. The fourth-order valence-electron chi connectivity index (χ4n) is 2.43. The van der Waals surface area contributed by atoms with E-state index in [0.717, 1.165) is 0 Å². The number of benzene rings is 1. The lowest BCUT2D eigenvalue weighted by molar-refractivity contribution is -0.142. The van der Waals surface area contributed by atoms with Gasteiger partial charge in [-0.2, -0.15) is 0 Å². The number of hydrogen-bond donors (Lipinski definition) is 1. The van der Waals surface area contributed by atoms with Crippen LogP contribution in [0.15, 0.2) is 18.2 Å². The minimum absolute atomic E-state index is 0.0304. The first kappa shape index (κ1) is 15.1. The van der Waals surface area contributed by atoms with E-state index in [0.29, 0.717) is 22.2 Å². The summed E-state index contributed by atoms with van der Waals surface area (Å²) in [6, 6.07) is 5.00. The molecule has 6 heteroatoms. The van der Waals surface area contributed by atoms with Gasteiger partial charge in [0.2, 0.25) is 5.91 Å². The van der Waals surface area contributed by atoms with E-state index >= 15 is 0 Å². The van der Waals surface area contributed by atoms with Gasteiger partial charge in [-0.15, -0.1) is 0 Å². The van der Waals surface area contributed by atoms with Gasteiger partial charge >= 0.3 is 5.97 Å². The van der Waals surface area contributed by atoms with Gasteiger partial charge in [-0.1, -0.05) is 36.2 Å². The van der Waals surface area contributed by atoms with Crippen LogP contribution in [0.4, 0.5) is 0 Å². The molecule has 0 aromatic heterocycles. The van der Waals surface area contributed by atoms with E-state index in [1.54, 1.807) is 23.1 Å². The zero-order valence-electron chi connectivity index (χ0n) is 11.0. The highest BCUT2D eigenvalue weighted by atomic mass is 35.5. The minimum Gasteiger partial charge on any atom is -0.481 e. The third-order valence-electron chi connectivity index (χ3n) is 3.64. The lowest BCUT2D eigenvalue weighted by Gasteiger charge is -2.16. The number of amides is 1. The molecule has 1 aromatic carbocycles. The van der Waals surface area contributed by atoms with Crippen LogP contribution in [0.2, 0.25) is 10.0 Å². The molecule has 2 rings (SSSR count). The second-order valence-electron chi connectivity index (χ2n) is 5.13. The van der Waals surface area contributed by atoms with Crippen LogP contribution in [0.5, 0.6) is 0 Å². The fourth-order valence-corrected chi connectivity index (χ4v) is 2.91. The van der Waals surface area contributed by atoms with Crippen molar-refractivity contribution in [3.05, 3.63) is 33.8 Å². The SMILES string of the molecule is CC1CN(C(=O)Cc2ccc(Cl)cc2Cl)CC1C(=O)O. The van der Waals surface area contributed by atoms with Crippen molar-refractivity contribution in [1.82, 2.24) is 4.90 Å². The normalized spacial score (nSPS) is 22.1. The van der Waals surface area contributed by atoms with E-state index in [4.69, 9.17) is 28.3 Å². The minimum atomic E-state index is -0.850. The summed E-state index contributed by atoms with van der Waals surface area (Å²) < 4.78 is 0. The van der Waals surface area contributed by atoms with Crippen molar-refractivity contribution < 1.29 is 14.7 Å². The summed E-state index contributed by atoms with van der Waals surface area (Å²) in [6.45, 7) is 2.59. The third kappa shape index (κ3) is 3.25. The Labute approximate surface area is 127 Å². The van der Waals surface area contributed by atoms with Crippen molar-refractivity contribution in [3.8, 4) is 0 Å². The van der Waals surface area contributed by atoms with E-state index in [9.17, 15) is 9.59 Å². The van der Waals surface area contributed by atoms with Gasteiger partial charge in [0, 0.05) is 23.1 Å². The third-order valence-corrected chi connectivity index (χ3v) is 4.23. The molecule has 1 saturated heterocycles. The summed E-state index contributed by atoms with van der Waals surface area (Å²) in [4.78, 5) is 24.9. The summed E-state index contributed by atoms with van der Waals surface area (Å²) >= 11 is 11.8. The number of rotatable bonds is 3. The molecule has 20 heavy (non-hydrogen) atoms. The Bertz CT molecular complexity index is 547. The molecule has 4 nitrogen and oxygen atoms in total. The molecule has 0 aliphatic carbocycles. The number of likely N-dealkylation sites (tertiary alicyclic amines) is 1. The summed E-state index contributed by atoms with van der Waals surface area (Å²) in [7, 11) is 0. The van der Waals surface area contributed by atoms with Crippen LogP contribution in [-0.2, 0) is 16.0 Å². The highest BCUT2D eigenvalue weighted by Crippen LogP contribution is 2.26. The maximum atomic E-state index is 12.2. The molecule has 2 unspecified atom stereocenters. The number of aliphatic carboxylic acids is 1. The van der Waals surface area contributed by atoms with E-state index in [2.05, 4.69) is 0 Å². The Morgan fingerprint density at radius 1 is 1.35 bits per heavy atom. The first-order chi connectivity index (χ1) is 9.38. The van der Waals surface area contributed by atoms with Crippen LogP contribution in [0, 0.1) is 11.8 Å². The van der Waals surface area contributed by atoms with E-state index in [1.807, 2.05) is 6.92 Å². The van der Waals surface area contributed by atoms with Crippen LogP contribution in [0.3, 0.4) is 0 Å². The van der Waals surface area contributed by atoms with Crippen LogP contribution in [0.25, 0.3) is 0 Å².